The third-order valence-corrected chi connectivity index (χ3v) is 4.40. The molecule has 0 radical (unpaired) electrons. The van der Waals surface area contributed by atoms with Gasteiger partial charge in [0.05, 0.1) is 10.0 Å². The number of hydrogen-bond donors (Lipinski definition) is 0. The fraction of sp³-hybridized carbons (Fsp3) is 0.333. The van der Waals surface area contributed by atoms with Crippen LogP contribution in [0.3, 0.4) is 0 Å². The monoisotopic (exact) mass is 218 g/mol. The van der Waals surface area contributed by atoms with Crippen LogP contribution in [0.5, 0.6) is 0 Å². The molecular weight excluding hydrogens is 207 g/mol. The predicted molar refractivity (Wildman–Crippen MR) is 59.4 cm³/mol. The molecule has 0 aliphatic carbocycles. The summed E-state index contributed by atoms with van der Waals surface area (Å²) < 4.78 is 0. The smallest absolute Gasteiger partial charge is 0.0623 e. The van der Waals surface area contributed by atoms with Crippen LogP contribution in [0, 0.1) is 0 Å². The maximum Gasteiger partial charge on any atom is 0.0623 e. The van der Waals surface area contributed by atoms with Crippen LogP contribution in [0.25, 0.3) is 0 Å². The molecule has 0 spiro atoms. The van der Waals surface area contributed by atoms with E-state index >= 15 is 0 Å². The lowest BCUT2D eigenvalue weighted by Crippen LogP contribution is -1.96. The van der Waals surface area contributed by atoms with Crippen LogP contribution in [0.15, 0.2) is 18.2 Å². The van der Waals surface area contributed by atoms with Crippen molar-refractivity contribution in [3.63, 3.8) is 0 Å². The third-order valence-electron chi connectivity index (χ3n) is 2.12. The van der Waals surface area contributed by atoms with Gasteiger partial charge in [-0.05, 0) is 17.2 Å². The van der Waals surface area contributed by atoms with E-state index in [4.69, 9.17) is 23.2 Å². The first kappa shape index (κ1) is 10.1. The van der Waals surface area contributed by atoms with Gasteiger partial charge in [0.15, 0.2) is 0 Å². The first-order chi connectivity index (χ1) is 5.66. The average Bonchev–Trinajstić information content (AvgIpc) is 2.08. The summed E-state index contributed by atoms with van der Waals surface area (Å²) in [5.74, 6) is 0. The van der Waals surface area contributed by atoms with Crippen molar-refractivity contribution < 1.29 is 0 Å². The fourth-order valence-electron chi connectivity index (χ4n) is 1.12. The second-order valence-corrected chi connectivity index (χ2v) is 5.13. The fourth-order valence-corrected chi connectivity index (χ4v) is 2.28. The highest BCUT2D eigenvalue weighted by Gasteiger charge is 2.09. The molecule has 0 N–H and O–H groups in total. The van der Waals surface area contributed by atoms with Crippen LogP contribution < -0.4 is 0 Å². The summed E-state index contributed by atoms with van der Waals surface area (Å²) in [5.41, 5.74) is 1.83. The first-order valence-corrected chi connectivity index (χ1v) is 6.01. The number of benzene rings is 1. The second-order valence-electron chi connectivity index (χ2n) is 2.95. The third kappa shape index (κ3) is 2.03. The molecule has 0 aliphatic heterocycles. The van der Waals surface area contributed by atoms with Crippen molar-refractivity contribution in [2.75, 3.05) is 0 Å². The van der Waals surface area contributed by atoms with Crippen LogP contribution in [-0.4, -0.2) is 10.2 Å². The van der Waals surface area contributed by atoms with Gasteiger partial charge in [0.1, 0.15) is 0 Å². The summed E-state index contributed by atoms with van der Waals surface area (Å²) in [5, 5.41) is 1.41. The summed E-state index contributed by atoms with van der Waals surface area (Å²) in [7, 11) is 1.13. The Morgan fingerprint density at radius 1 is 1.42 bits per heavy atom. The summed E-state index contributed by atoms with van der Waals surface area (Å²) in [6.07, 6.45) is 1.15. The topological polar surface area (TPSA) is 0 Å². The van der Waals surface area contributed by atoms with E-state index in [1.54, 1.807) is 0 Å². The highest BCUT2D eigenvalue weighted by Crippen LogP contribution is 2.30. The summed E-state index contributed by atoms with van der Waals surface area (Å²) >= 11 is 12.0. The first-order valence-electron chi connectivity index (χ1n) is 4.10. The van der Waals surface area contributed by atoms with E-state index in [2.05, 4.69) is 13.0 Å². The SMILES string of the molecule is CCC([SiH3])c1cccc(Cl)c1Cl. The highest BCUT2D eigenvalue weighted by molar-refractivity contribution is 6.42. The van der Waals surface area contributed by atoms with Crippen molar-refractivity contribution in [1.82, 2.24) is 0 Å². The maximum atomic E-state index is 6.06. The maximum absolute atomic E-state index is 6.06. The standard InChI is InChI=1S/C9H12Cl2Si/c1-2-8(12)6-4-3-5-7(10)9(6)11/h3-5,8H,2H2,1,12H3. The van der Waals surface area contributed by atoms with Crippen LogP contribution in [0.4, 0.5) is 0 Å². The largest absolute Gasteiger partial charge is 0.0827 e. The molecule has 1 aromatic rings. The molecule has 0 amide bonds. The van der Waals surface area contributed by atoms with E-state index in [0.29, 0.717) is 10.6 Å². The lowest BCUT2D eigenvalue weighted by atomic mass is 10.1. The Morgan fingerprint density at radius 2 is 2.08 bits per heavy atom. The van der Waals surface area contributed by atoms with Crippen molar-refractivity contribution in [3.05, 3.63) is 33.8 Å². The van der Waals surface area contributed by atoms with Gasteiger partial charge in [-0.2, -0.15) is 0 Å². The van der Waals surface area contributed by atoms with Gasteiger partial charge < -0.3 is 0 Å². The number of rotatable bonds is 2. The molecule has 1 unspecified atom stereocenters. The molecule has 0 heterocycles. The molecule has 0 nitrogen and oxygen atoms in total. The van der Waals surface area contributed by atoms with Crippen molar-refractivity contribution in [1.29, 1.82) is 0 Å². The van der Waals surface area contributed by atoms with E-state index in [0.717, 1.165) is 21.7 Å². The molecule has 1 atom stereocenters. The molecule has 0 saturated carbocycles. The molecule has 0 fully saturated rings. The molecule has 66 valence electrons. The van der Waals surface area contributed by atoms with Gasteiger partial charge in [-0.25, -0.2) is 0 Å². The molecule has 3 heteroatoms. The lowest BCUT2D eigenvalue weighted by Gasteiger charge is -2.11. The van der Waals surface area contributed by atoms with Crippen molar-refractivity contribution in [2.45, 2.75) is 18.9 Å². The van der Waals surface area contributed by atoms with Gasteiger partial charge in [-0.15, -0.1) is 0 Å². The molecule has 0 saturated heterocycles. The number of halogens is 2. The quantitative estimate of drug-likeness (QED) is 0.671. The summed E-state index contributed by atoms with van der Waals surface area (Å²) in [4.78, 5) is 0. The Labute approximate surface area is 86.3 Å². The lowest BCUT2D eigenvalue weighted by molar-refractivity contribution is 0.883. The van der Waals surface area contributed by atoms with Gasteiger partial charge in [-0.3, -0.25) is 0 Å². The predicted octanol–water partition coefficient (Wildman–Crippen LogP) is 2.81. The minimum atomic E-state index is 0.621. The Bertz CT molecular complexity index is 273. The van der Waals surface area contributed by atoms with E-state index in [1.807, 2.05) is 12.1 Å². The average molecular weight is 219 g/mol. The zero-order chi connectivity index (χ0) is 9.14. The minimum absolute atomic E-state index is 0.621. The highest BCUT2D eigenvalue weighted by atomic mass is 35.5. The van der Waals surface area contributed by atoms with Crippen LogP contribution in [0.1, 0.15) is 24.4 Å². The Kier molecular flexibility index (Phi) is 3.63. The van der Waals surface area contributed by atoms with Crippen molar-refractivity contribution in [3.8, 4) is 0 Å². The van der Waals surface area contributed by atoms with Crippen LogP contribution in [0.2, 0.25) is 10.0 Å². The van der Waals surface area contributed by atoms with Gasteiger partial charge >= 0.3 is 0 Å². The van der Waals surface area contributed by atoms with Crippen molar-refractivity contribution in [2.24, 2.45) is 0 Å². The van der Waals surface area contributed by atoms with E-state index < -0.39 is 0 Å². The Hall–Kier alpha value is 0.0169. The summed E-state index contributed by atoms with van der Waals surface area (Å²) in [6, 6.07) is 5.86. The minimum Gasteiger partial charge on any atom is -0.0827 e. The van der Waals surface area contributed by atoms with Gasteiger partial charge in [-0.1, -0.05) is 48.7 Å². The molecule has 0 aromatic heterocycles. The zero-order valence-corrected chi connectivity index (χ0v) is 10.8. The van der Waals surface area contributed by atoms with Crippen LogP contribution in [-0.2, 0) is 0 Å². The van der Waals surface area contributed by atoms with E-state index in [9.17, 15) is 0 Å². The molecule has 1 rings (SSSR count). The van der Waals surface area contributed by atoms with Gasteiger partial charge in [0.25, 0.3) is 0 Å². The molecular formula is C9H12Cl2Si. The van der Waals surface area contributed by atoms with Crippen LogP contribution >= 0.6 is 23.2 Å². The number of hydrogen-bond acceptors (Lipinski definition) is 0. The van der Waals surface area contributed by atoms with Gasteiger partial charge in [0.2, 0.25) is 0 Å². The van der Waals surface area contributed by atoms with Crippen molar-refractivity contribution >= 4 is 33.4 Å². The van der Waals surface area contributed by atoms with Gasteiger partial charge in [0, 0.05) is 10.2 Å². The molecule has 0 aliphatic rings. The van der Waals surface area contributed by atoms with E-state index in [-0.39, 0.29) is 0 Å². The zero-order valence-electron chi connectivity index (χ0n) is 7.27. The Morgan fingerprint density at radius 3 is 2.67 bits per heavy atom. The molecule has 0 bridgehead atoms. The molecule has 12 heavy (non-hydrogen) atoms. The van der Waals surface area contributed by atoms with E-state index in [1.165, 1.54) is 5.56 Å². The molecule has 1 aromatic carbocycles. The normalized spacial score (nSPS) is 13.2. The second kappa shape index (κ2) is 4.31. The summed E-state index contributed by atoms with van der Waals surface area (Å²) in [6.45, 7) is 2.18. The Balaban J connectivity index is 3.07.